The van der Waals surface area contributed by atoms with Crippen LogP contribution in [0.5, 0.6) is 0 Å². The monoisotopic (exact) mass is 373 g/mol. The summed E-state index contributed by atoms with van der Waals surface area (Å²) in [6.45, 7) is 5.16. The molecule has 2 aromatic carbocycles. The van der Waals surface area contributed by atoms with E-state index in [1.165, 1.54) is 0 Å². The van der Waals surface area contributed by atoms with Crippen LogP contribution in [-0.2, 0) is 0 Å². The van der Waals surface area contributed by atoms with E-state index in [2.05, 4.69) is 16.3 Å². The number of anilines is 1. The topological polar surface area (TPSA) is 35.6 Å². The minimum atomic E-state index is -0.161. The van der Waals surface area contributed by atoms with Gasteiger partial charge in [0.1, 0.15) is 0 Å². The Bertz CT molecular complexity index is 788. The van der Waals surface area contributed by atoms with Gasteiger partial charge >= 0.3 is 0 Å². The Morgan fingerprint density at radius 1 is 1.08 bits per heavy atom. The predicted octanol–water partition coefficient (Wildman–Crippen LogP) is 3.49. The predicted molar refractivity (Wildman–Crippen MR) is 106 cm³/mol. The van der Waals surface area contributed by atoms with Gasteiger partial charge in [0.05, 0.1) is 0 Å². The van der Waals surface area contributed by atoms with Gasteiger partial charge in [0.15, 0.2) is 5.11 Å². The van der Waals surface area contributed by atoms with Crippen LogP contribution in [0.4, 0.5) is 5.69 Å². The zero-order chi connectivity index (χ0) is 17.8. The minimum absolute atomic E-state index is 0.161. The van der Waals surface area contributed by atoms with Gasteiger partial charge in [0.2, 0.25) is 0 Å². The summed E-state index contributed by atoms with van der Waals surface area (Å²) < 4.78 is 0. The van der Waals surface area contributed by atoms with Crippen LogP contribution < -0.4 is 10.2 Å². The fourth-order valence-electron chi connectivity index (χ4n) is 2.88. The molecule has 1 N–H and O–H groups in total. The van der Waals surface area contributed by atoms with Crippen molar-refractivity contribution in [3.63, 3.8) is 0 Å². The fraction of sp³-hybridized carbons (Fsp3) is 0.263. The van der Waals surface area contributed by atoms with E-state index in [0.717, 1.165) is 42.5 Å². The van der Waals surface area contributed by atoms with Gasteiger partial charge in [0.25, 0.3) is 5.91 Å². The first-order valence-electron chi connectivity index (χ1n) is 8.20. The van der Waals surface area contributed by atoms with Gasteiger partial charge in [-0.3, -0.25) is 10.1 Å². The number of nitrogens with zero attached hydrogens (tertiary/aromatic N) is 2. The summed E-state index contributed by atoms with van der Waals surface area (Å²) in [6, 6.07) is 15.3. The fourth-order valence-corrected chi connectivity index (χ4v) is 3.34. The summed E-state index contributed by atoms with van der Waals surface area (Å²) in [4.78, 5) is 16.6. The highest BCUT2D eigenvalue weighted by Crippen LogP contribution is 2.20. The SMILES string of the molecule is Cc1cccc(C(=O)NC(=S)N2CCN(c3cccc(Cl)c3)CC2)c1. The smallest absolute Gasteiger partial charge is 0.257 e. The number of nitrogens with one attached hydrogen (secondary N) is 1. The summed E-state index contributed by atoms with van der Waals surface area (Å²) in [5.41, 5.74) is 2.79. The summed E-state index contributed by atoms with van der Waals surface area (Å²) in [5, 5.41) is 4.06. The first-order valence-corrected chi connectivity index (χ1v) is 8.99. The molecular formula is C19H20ClN3OS. The number of amides is 1. The molecule has 1 saturated heterocycles. The molecule has 0 atom stereocenters. The van der Waals surface area contributed by atoms with Crippen LogP contribution in [0.2, 0.25) is 5.02 Å². The maximum absolute atomic E-state index is 12.3. The summed E-state index contributed by atoms with van der Waals surface area (Å²) >= 11 is 11.5. The Morgan fingerprint density at radius 3 is 2.48 bits per heavy atom. The number of hydrogen-bond acceptors (Lipinski definition) is 3. The molecule has 25 heavy (non-hydrogen) atoms. The van der Waals surface area contributed by atoms with E-state index in [1.807, 2.05) is 48.2 Å². The van der Waals surface area contributed by atoms with E-state index in [-0.39, 0.29) is 5.91 Å². The van der Waals surface area contributed by atoms with Crippen LogP contribution in [0.1, 0.15) is 15.9 Å². The molecule has 0 spiro atoms. The lowest BCUT2D eigenvalue weighted by atomic mass is 10.1. The van der Waals surface area contributed by atoms with E-state index in [0.29, 0.717) is 10.7 Å². The molecule has 1 amide bonds. The third-order valence-corrected chi connectivity index (χ3v) is 4.84. The van der Waals surface area contributed by atoms with E-state index < -0.39 is 0 Å². The second kappa shape index (κ2) is 7.85. The Morgan fingerprint density at radius 2 is 1.80 bits per heavy atom. The number of piperazine rings is 1. The molecule has 6 heteroatoms. The van der Waals surface area contributed by atoms with Gasteiger partial charge < -0.3 is 9.80 Å². The summed E-state index contributed by atoms with van der Waals surface area (Å²) in [6.07, 6.45) is 0. The van der Waals surface area contributed by atoms with Crippen molar-refractivity contribution in [3.05, 3.63) is 64.7 Å². The van der Waals surface area contributed by atoms with Gasteiger partial charge in [-0.15, -0.1) is 0 Å². The van der Waals surface area contributed by atoms with Crippen LogP contribution in [-0.4, -0.2) is 42.1 Å². The number of carbonyl (C=O) groups excluding carboxylic acids is 1. The van der Waals surface area contributed by atoms with Crippen LogP contribution in [0.3, 0.4) is 0 Å². The van der Waals surface area contributed by atoms with Crippen LogP contribution in [0, 0.1) is 6.92 Å². The lowest BCUT2D eigenvalue weighted by molar-refractivity contribution is 0.0973. The standard InChI is InChI=1S/C19H20ClN3OS/c1-14-4-2-5-15(12-14)18(24)21-19(25)23-10-8-22(9-11-23)17-7-3-6-16(20)13-17/h2-7,12-13H,8-11H2,1H3,(H,21,24,25). The highest BCUT2D eigenvalue weighted by Gasteiger charge is 2.20. The quantitative estimate of drug-likeness (QED) is 0.817. The first-order chi connectivity index (χ1) is 12.0. The molecule has 3 rings (SSSR count). The molecule has 1 fully saturated rings. The number of halogens is 1. The normalized spacial score (nSPS) is 14.3. The summed E-state index contributed by atoms with van der Waals surface area (Å²) in [7, 11) is 0. The molecule has 1 heterocycles. The van der Waals surface area contributed by atoms with E-state index in [4.69, 9.17) is 23.8 Å². The van der Waals surface area contributed by atoms with Gasteiger partial charge in [0, 0.05) is 42.5 Å². The molecule has 0 aromatic heterocycles. The number of rotatable bonds is 2. The van der Waals surface area contributed by atoms with Gasteiger partial charge in [-0.05, 0) is 49.5 Å². The van der Waals surface area contributed by atoms with Crippen LogP contribution in [0.15, 0.2) is 48.5 Å². The maximum atomic E-state index is 12.3. The molecule has 0 bridgehead atoms. The van der Waals surface area contributed by atoms with E-state index in [9.17, 15) is 4.79 Å². The van der Waals surface area contributed by atoms with Crippen LogP contribution >= 0.6 is 23.8 Å². The van der Waals surface area contributed by atoms with Crippen molar-refractivity contribution >= 4 is 40.5 Å². The average Bonchev–Trinajstić information content (AvgIpc) is 2.62. The number of hydrogen-bond donors (Lipinski definition) is 1. The van der Waals surface area contributed by atoms with Crippen molar-refractivity contribution in [1.82, 2.24) is 10.2 Å². The number of thiocarbonyl (C=S) groups is 1. The average molecular weight is 374 g/mol. The van der Waals surface area contributed by atoms with Gasteiger partial charge in [-0.2, -0.15) is 0 Å². The molecular weight excluding hydrogens is 354 g/mol. The third-order valence-electron chi connectivity index (χ3n) is 4.24. The van der Waals surface area contributed by atoms with Crippen molar-refractivity contribution in [1.29, 1.82) is 0 Å². The highest BCUT2D eigenvalue weighted by molar-refractivity contribution is 7.80. The lowest BCUT2D eigenvalue weighted by Gasteiger charge is -2.37. The number of aryl methyl sites for hydroxylation is 1. The molecule has 130 valence electrons. The maximum Gasteiger partial charge on any atom is 0.257 e. The lowest BCUT2D eigenvalue weighted by Crippen LogP contribution is -2.52. The molecule has 1 aliphatic heterocycles. The largest absolute Gasteiger partial charge is 0.368 e. The molecule has 4 nitrogen and oxygen atoms in total. The van der Waals surface area contributed by atoms with Gasteiger partial charge in [-0.25, -0.2) is 0 Å². The number of carbonyl (C=O) groups is 1. The molecule has 1 aliphatic rings. The molecule has 0 saturated carbocycles. The molecule has 0 aliphatic carbocycles. The zero-order valence-electron chi connectivity index (χ0n) is 14.0. The Balaban J connectivity index is 1.55. The van der Waals surface area contributed by atoms with Crippen molar-refractivity contribution in [3.8, 4) is 0 Å². The summed E-state index contributed by atoms with van der Waals surface area (Å²) in [5.74, 6) is -0.161. The minimum Gasteiger partial charge on any atom is -0.368 e. The molecule has 0 radical (unpaired) electrons. The van der Waals surface area contributed by atoms with Crippen molar-refractivity contribution in [2.45, 2.75) is 6.92 Å². The second-order valence-corrected chi connectivity index (χ2v) is 6.91. The van der Waals surface area contributed by atoms with Crippen molar-refractivity contribution < 1.29 is 4.79 Å². The van der Waals surface area contributed by atoms with Crippen molar-refractivity contribution in [2.24, 2.45) is 0 Å². The zero-order valence-corrected chi connectivity index (χ0v) is 15.6. The molecule has 0 unspecified atom stereocenters. The highest BCUT2D eigenvalue weighted by atomic mass is 35.5. The van der Waals surface area contributed by atoms with Crippen molar-refractivity contribution in [2.75, 3.05) is 31.1 Å². The Hall–Kier alpha value is -2.11. The second-order valence-electron chi connectivity index (χ2n) is 6.08. The molecule has 2 aromatic rings. The van der Waals surface area contributed by atoms with Gasteiger partial charge in [-0.1, -0.05) is 35.4 Å². The van der Waals surface area contributed by atoms with Crippen LogP contribution in [0.25, 0.3) is 0 Å². The van der Waals surface area contributed by atoms with E-state index >= 15 is 0 Å². The Labute approximate surface area is 158 Å². The Kier molecular flexibility index (Phi) is 5.56. The third kappa shape index (κ3) is 4.50. The first kappa shape index (κ1) is 17.7. The van der Waals surface area contributed by atoms with E-state index in [1.54, 1.807) is 6.07 Å². The number of benzene rings is 2.